The molecule has 0 radical (unpaired) electrons. The molecule has 114 valence electrons. The fourth-order valence-corrected chi connectivity index (χ4v) is 2.06. The zero-order chi connectivity index (χ0) is 15.2. The Morgan fingerprint density at radius 3 is 2.30 bits per heavy atom. The summed E-state index contributed by atoms with van der Waals surface area (Å²) in [7, 11) is 0. The highest BCUT2D eigenvalue weighted by molar-refractivity contribution is 5.50. The highest BCUT2D eigenvalue weighted by Crippen LogP contribution is 2.26. The second-order valence-corrected chi connectivity index (χ2v) is 4.29. The van der Waals surface area contributed by atoms with Crippen LogP contribution < -0.4 is 15.0 Å². The van der Waals surface area contributed by atoms with Crippen LogP contribution in [0.4, 0.5) is 18.9 Å². The summed E-state index contributed by atoms with van der Waals surface area (Å²) in [4.78, 5) is 2.16. The lowest BCUT2D eigenvalue weighted by Gasteiger charge is -2.35. The predicted octanol–water partition coefficient (Wildman–Crippen LogP) is 3.41. The molecule has 0 amide bonds. The van der Waals surface area contributed by atoms with E-state index in [1.165, 1.54) is 12.1 Å². The summed E-state index contributed by atoms with van der Waals surface area (Å²) in [6.45, 7) is 8.68. The van der Waals surface area contributed by atoms with Crippen LogP contribution in [0.5, 0.6) is 5.75 Å². The maximum absolute atomic E-state index is 12.0. The van der Waals surface area contributed by atoms with Gasteiger partial charge in [0.15, 0.2) is 0 Å². The Hall–Kier alpha value is -1.43. The SMILES string of the molecule is CC.CC1CNCCN1c1ccc(OC(F)(F)F)cc1. The molecule has 6 heteroatoms. The van der Waals surface area contributed by atoms with Gasteiger partial charge in [0, 0.05) is 31.4 Å². The summed E-state index contributed by atoms with van der Waals surface area (Å²) in [5, 5.41) is 3.26. The lowest BCUT2D eigenvalue weighted by Crippen LogP contribution is -2.49. The number of alkyl halides is 3. The van der Waals surface area contributed by atoms with Gasteiger partial charge in [-0.2, -0.15) is 0 Å². The standard InChI is InChI=1S/C12H15F3N2O.C2H6/c1-9-8-16-6-7-17(9)10-2-4-11(5-3-10)18-12(13,14)15;1-2/h2-5,9,16H,6-8H2,1H3;1-2H3. The number of rotatable bonds is 2. The lowest BCUT2D eigenvalue weighted by molar-refractivity contribution is -0.274. The number of benzene rings is 1. The van der Waals surface area contributed by atoms with E-state index >= 15 is 0 Å². The van der Waals surface area contributed by atoms with Crippen LogP contribution in [-0.4, -0.2) is 32.0 Å². The minimum atomic E-state index is -4.64. The van der Waals surface area contributed by atoms with Crippen LogP contribution in [0.15, 0.2) is 24.3 Å². The molecular formula is C14H21F3N2O. The summed E-state index contributed by atoms with van der Waals surface area (Å²) in [6.07, 6.45) is -4.64. The number of hydrogen-bond acceptors (Lipinski definition) is 3. The lowest BCUT2D eigenvalue weighted by atomic mass is 10.2. The average molecular weight is 290 g/mol. The molecule has 1 heterocycles. The zero-order valence-corrected chi connectivity index (χ0v) is 12.0. The van der Waals surface area contributed by atoms with E-state index in [0.29, 0.717) is 6.04 Å². The Balaban J connectivity index is 0.000000956. The monoisotopic (exact) mass is 290 g/mol. The molecule has 0 spiro atoms. The van der Waals surface area contributed by atoms with Gasteiger partial charge in [-0.05, 0) is 31.2 Å². The molecule has 1 aliphatic heterocycles. The number of anilines is 1. The van der Waals surface area contributed by atoms with Crippen molar-refractivity contribution < 1.29 is 17.9 Å². The van der Waals surface area contributed by atoms with Gasteiger partial charge in [0.1, 0.15) is 5.75 Å². The molecule has 0 saturated carbocycles. The van der Waals surface area contributed by atoms with Crippen LogP contribution >= 0.6 is 0 Å². The van der Waals surface area contributed by atoms with Crippen molar-refractivity contribution >= 4 is 5.69 Å². The number of halogens is 3. The topological polar surface area (TPSA) is 24.5 Å². The molecule has 1 N–H and O–H groups in total. The first-order valence-corrected chi connectivity index (χ1v) is 6.79. The smallest absolute Gasteiger partial charge is 0.406 e. The quantitative estimate of drug-likeness (QED) is 0.903. The number of ether oxygens (including phenoxy) is 1. The third kappa shape index (κ3) is 4.92. The van der Waals surface area contributed by atoms with Gasteiger partial charge >= 0.3 is 6.36 Å². The summed E-state index contributed by atoms with van der Waals surface area (Å²) < 4.78 is 39.9. The molecular weight excluding hydrogens is 269 g/mol. The highest BCUT2D eigenvalue weighted by atomic mass is 19.4. The Labute approximate surface area is 117 Å². The second-order valence-electron chi connectivity index (χ2n) is 4.29. The van der Waals surface area contributed by atoms with Gasteiger partial charge in [0.25, 0.3) is 0 Å². The Kier molecular flexibility index (Phi) is 6.13. The first kappa shape index (κ1) is 16.6. The van der Waals surface area contributed by atoms with Gasteiger partial charge in [0.2, 0.25) is 0 Å². The fourth-order valence-electron chi connectivity index (χ4n) is 2.06. The summed E-state index contributed by atoms with van der Waals surface area (Å²) in [5.74, 6) is -0.186. The van der Waals surface area contributed by atoms with Crippen LogP contribution in [-0.2, 0) is 0 Å². The first-order chi connectivity index (χ1) is 9.46. The molecule has 1 aliphatic rings. The third-order valence-electron chi connectivity index (χ3n) is 2.90. The average Bonchev–Trinajstić information content (AvgIpc) is 2.41. The van der Waals surface area contributed by atoms with E-state index in [2.05, 4.69) is 21.9 Å². The molecule has 1 aromatic carbocycles. The Bertz CT molecular complexity index is 392. The van der Waals surface area contributed by atoms with Crippen molar-refractivity contribution in [2.24, 2.45) is 0 Å². The van der Waals surface area contributed by atoms with Gasteiger partial charge in [0.05, 0.1) is 0 Å². The molecule has 1 aromatic rings. The normalized spacial score (nSPS) is 19.1. The molecule has 1 atom stereocenters. The van der Waals surface area contributed by atoms with E-state index in [0.717, 1.165) is 25.3 Å². The van der Waals surface area contributed by atoms with E-state index in [1.54, 1.807) is 12.1 Å². The minimum absolute atomic E-state index is 0.186. The van der Waals surface area contributed by atoms with Crippen LogP contribution in [0, 0.1) is 0 Å². The van der Waals surface area contributed by atoms with Crippen molar-refractivity contribution in [1.29, 1.82) is 0 Å². The summed E-state index contributed by atoms with van der Waals surface area (Å²) in [6, 6.07) is 6.33. The van der Waals surface area contributed by atoms with E-state index < -0.39 is 6.36 Å². The Morgan fingerprint density at radius 2 is 1.80 bits per heavy atom. The number of nitrogens with one attached hydrogen (secondary N) is 1. The molecule has 0 bridgehead atoms. The third-order valence-corrected chi connectivity index (χ3v) is 2.90. The van der Waals surface area contributed by atoms with Gasteiger partial charge in [-0.1, -0.05) is 13.8 Å². The van der Waals surface area contributed by atoms with Gasteiger partial charge in [-0.15, -0.1) is 13.2 Å². The van der Waals surface area contributed by atoms with Crippen LogP contribution in [0.2, 0.25) is 0 Å². The van der Waals surface area contributed by atoms with E-state index in [4.69, 9.17) is 0 Å². The van der Waals surface area contributed by atoms with Crippen molar-refractivity contribution in [2.75, 3.05) is 24.5 Å². The van der Waals surface area contributed by atoms with Crippen molar-refractivity contribution in [3.8, 4) is 5.75 Å². The van der Waals surface area contributed by atoms with Gasteiger partial charge in [-0.3, -0.25) is 0 Å². The Morgan fingerprint density at radius 1 is 1.20 bits per heavy atom. The fraction of sp³-hybridized carbons (Fsp3) is 0.571. The van der Waals surface area contributed by atoms with E-state index in [1.807, 2.05) is 13.8 Å². The minimum Gasteiger partial charge on any atom is -0.406 e. The van der Waals surface area contributed by atoms with E-state index in [-0.39, 0.29) is 5.75 Å². The van der Waals surface area contributed by atoms with Crippen molar-refractivity contribution in [1.82, 2.24) is 5.32 Å². The second kappa shape index (κ2) is 7.38. The number of piperazine rings is 1. The molecule has 1 unspecified atom stereocenters. The summed E-state index contributed by atoms with van der Waals surface area (Å²) in [5.41, 5.74) is 0.915. The van der Waals surface area contributed by atoms with Crippen LogP contribution in [0.1, 0.15) is 20.8 Å². The van der Waals surface area contributed by atoms with Crippen molar-refractivity contribution in [3.05, 3.63) is 24.3 Å². The first-order valence-electron chi connectivity index (χ1n) is 6.79. The van der Waals surface area contributed by atoms with Gasteiger partial charge in [-0.25, -0.2) is 0 Å². The van der Waals surface area contributed by atoms with Crippen molar-refractivity contribution in [2.45, 2.75) is 33.2 Å². The predicted molar refractivity (Wildman–Crippen MR) is 74.2 cm³/mol. The maximum atomic E-state index is 12.0. The number of nitrogens with zero attached hydrogens (tertiary/aromatic N) is 1. The van der Waals surface area contributed by atoms with Crippen LogP contribution in [0.3, 0.4) is 0 Å². The highest BCUT2D eigenvalue weighted by Gasteiger charge is 2.31. The molecule has 0 aromatic heterocycles. The van der Waals surface area contributed by atoms with Gasteiger partial charge < -0.3 is 15.0 Å². The molecule has 2 rings (SSSR count). The van der Waals surface area contributed by atoms with Crippen LogP contribution in [0.25, 0.3) is 0 Å². The molecule has 3 nitrogen and oxygen atoms in total. The van der Waals surface area contributed by atoms with E-state index in [9.17, 15) is 13.2 Å². The molecule has 1 saturated heterocycles. The zero-order valence-electron chi connectivity index (χ0n) is 12.0. The molecule has 20 heavy (non-hydrogen) atoms. The maximum Gasteiger partial charge on any atom is 0.573 e. The molecule has 0 aliphatic carbocycles. The van der Waals surface area contributed by atoms with Crippen molar-refractivity contribution in [3.63, 3.8) is 0 Å². The summed E-state index contributed by atoms with van der Waals surface area (Å²) >= 11 is 0. The molecule has 1 fully saturated rings. The number of hydrogen-bond donors (Lipinski definition) is 1. The largest absolute Gasteiger partial charge is 0.573 e.